The Bertz CT molecular complexity index is 460. The molecule has 0 radical (unpaired) electrons. The Morgan fingerprint density at radius 3 is 2.83 bits per heavy atom. The molecule has 0 aromatic heterocycles. The summed E-state index contributed by atoms with van der Waals surface area (Å²) in [5, 5.41) is 2.75. The maximum atomic E-state index is 13.2. The van der Waals surface area contributed by atoms with Gasteiger partial charge in [-0.2, -0.15) is 12.6 Å². The summed E-state index contributed by atoms with van der Waals surface area (Å²) in [7, 11) is 1.39. The van der Waals surface area contributed by atoms with Crippen molar-refractivity contribution in [3.8, 4) is 5.75 Å². The van der Waals surface area contributed by atoms with Crippen molar-refractivity contribution < 1.29 is 13.9 Å². The number of ether oxygens (including phenoxy) is 1. The highest BCUT2D eigenvalue weighted by atomic mass is 32.1. The van der Waals surface area contributed by atoms with Crippen molar-refractivity contribution >= 4 is 24.2 Å². The number of benzene rings is 1. The molecule has 1 fully saturated rings. The second kappa shape index (κ2) is 5.18. The number of hydrogen-bond acceptors (Lipinski definition) is 3. The second-order valence-corrected chi connectivity index (χ2v) is 5.05. The van der Waals surface area contributed by atoms with E-state index in [1.807, 2.05) is 0 Å². The summed E-state index contributed by atoms with van der Waals surface area (Å²) in [4.78, 5) is 11.8. The fourth-order valence-corrected chi connectivity index (χ4v) is 2.28. The fraction of sp³-hybridized carbons (Fsp3) is 0.462. The Kier molecular flexibility index (Phi) is 3.80. The van der Waals surface area contributed by atoms with Crippen LogP contribution >= 0.6 is 12.6 Å². The minimum absolute atomic E-state index is 0.0600. The quantitative estimate of drug-likeness (QED) is 0.807. The first-order valence-corrected chi connectivity index (χ1v) is 6.46. The highest BCUT2D eigenvalue weighted by Crippen LogP contribution is 2.49. The van der Waals surface area contributed by atoms with Crippen LogP contribution in [0.4, 0.5) is 10.1 Å². The molecule has 3 nitrogen and oxygen atoms in total. The topological polar surface area (TPSA) is 38.3 Å². The highest BCUT2D eigenvalue weighted by Gasteiger charge is 2.42. The summed E-state index contributed by atoms with van der Waals surface area (Å²) in [5.41, 5.74) is 0.630. The first kappa shape index (κ1) is 13.2. The lowest BCUT2D eigenvalue weighted by Crippen LogP contribution is -2.18. The Morgan fingerprint density at radius 1 is 1.56 bits per heavy atom. The molecule has 2 rings (SSSR count). The number of amides is 1. The normalized spacial score (nSPS) is 16.2. The van der Waals surface area contributed by atoms with Gasteiger partial charge in [-0.15, -0.1) is 0 Å². The standard InChI is InChI=1S/C13H16FNO2S/c1-17-11-6-9(2-3-10(11)14)15-12(16)7-13(8-18)4-5-13/h2-3,6,18H,4-5,7-8H2,1H3,(H,15,16). The molecule has 1 N–H and O–H groups in total. The average molecular weight is 269 g/mol. The molecule has 1 aliphatic carbocycles. The van der Waals surface area contributed by atoms with Crippen LogP contribution < -0.4 is 10.1 Å². The van der Waals surface area contributed by atoms with E-state index in [2.05, 4.69) is 17.9 Å². The van der Waals surface area contributed by atoms with Crippen LogP contribution in [-0.4, -0.2) is 18.8 Å². The van der Waals surface area contributed by atoms with Crippen LogP contribution in [0.25, 0.3) is 0 Å². The first-order valence-electron chi connectivity index (χ1n) is 5.83. The molecule has 0 spiro atoms. The lowest BCUT2D eigenvalue weighted by atomic mass is 10.1. The summed E-state index contributed by atoms with van der Waals surface area (Å²) in [6, 6.07) is 4.28. The molecule has 1 aromatic carbocycles. The number of hydrogen-bond donors (Lipinski definition) is 2. The van der Waals surface area contributed by atoms with E-state index in [0.29, 0.717) is 12.1 Å². The van der Waals surface area contributed by atoms with Crippen LogP contribution in [0.1, 0.15) is 19.3 Å². The molecular formula is C13H16FNO2S. The van der Waals surface area contributed by atoms with Crippen molar-refractivity contribution in [3.05, 3.63) is 24.0 Å². The molecule has 0 heterocycles. The monoisotopic (exact) mass is 269 g/mol. The molecule has 5 heteroatoms. The Morgan fingerprint density at radius 2 is 2.28 bits per heavy atom. The van der Waals surface area contributed by atoms with Crippen molar-refractivity contribution in [2.75, 3.05) is 18.2 Å². The van der Waals surface area contributed by atoms with E-state index >= 15 is 0 Å². The Hall–Kier alpha value is -1.23. The van der Waals surface area contributed by atoms with Gasteiger partial charge in [0.15, 0.2) is 11.6 Å². The zero-order chi connectivity index (χ0) is 13.2. The lowest BCUT2D eigenvalue weighted by molar-refractivity contribution is -0.117. The van der Waals surface area contributed by atoms with E-state index in [1.54, 1.807) is 0 Å². The van der Waals surface area contributed by atoms with Gasteiger partial charge < -0.3 is 10.1 Å². The number of rotatable bonds is 5. The number of nitrogens with one attached hydrogen (secondary N) is 1. The molecule has 0 bridgehead atoms. The van der Waals surface area contributed by atoms with Crippen LogP contribution in [-0.2, 0) is 4.79 Å². The molecule has 1 aromatic rings. The largest absolute Gasteiger partial charge is 0.494 e. The molecule has 0 saturated heterocycles. The summed E-state index contributed by atoms with van der Waals surface area (Å²) in [6.07, 6.45) is 2.57. The van der Waals surface area contributed by atoms with Gasteiger partial charge in [-0.1, -0.05) is 0 Å². The molecular weight excluding hydrogens is 253 g/mol. The number of halogens is 1. The van der Waals surface area contributed by atoms with E-state index < -0.39 is 5.82 Å². The van der Waals surface area contributed by atoms with Crippen molar-refractivity contribution in [2.45, 2.75) is 19.3 Å². The van der Waals surface area contributed by atoms with Gasteiger partial charge in [-0.3, -0.25) is 4.79 Å². The van der Waals surface area contributed by atoms with Gasteiger partial charge >= 0.3 is 0 Å². The molecule has 0 unspecified atom stereocenters. The number of carbonyl (C=O) groups is 1. The third-order valence-electron chi connectivity index (χ3n) is 3.26. The highest BCUT2D eigenvalue weighted by molar-refractivity contribution is 7.80. The van der Waals surface area contributed by atoms with Crippen molar-refractivity contribution in [2.24, 2.45) is 5.41 Å². The van der Waals surface area contributed by atoms with E-state index in [4.69, 9.17) is 4.74 Å². The molecule has 98 valence electrons. The summed E-state index contributed by atoms with van der Waals surface area (Å²) < 4.78 is 18.1. The molecule has 18 heavy (non-hydrogen) atoms. The van der Waals surface area contributed by atoms with Crippen molar-refractivity contribution in [3.63, 3.8) is 0 Å². The lowest BCUT2D eigenvalue weighted by Gasteiger charge is -2.12. The van der Waals surface area contributed by atoms with Gasteiger partial charge in [0.05, 0.1) is 7.11 Å². The van der Waals surface area contributed by atoms with Crippen molar-refractivity contribution in [1.29, 1.82) is 0 Å². The first-order chi connectivity index (χ1) is 8.58. The number of thiol groups is 1. The fourth-order valence-electron chi connectivity index (χ4n) is 1.85. The Labute approximate surface area is 111 Å². The van der Waals surface area contributed by atoms with E-state index in [1.165, 1.54) is 25.3 Å². The van der Waals surface area contributed by atoms with E-state index in [0.717, 1.165) is 18.6 Å². The molecule has 1 amide bonds. The maximum absolute atomic E-state index is 13.2. The predicted molar refractivity (Wildman–Crippen MR) is 71.7 cm³/mol. The van der Waals surface area contributed by atoms with E-state index in [9.17, 15) is 9.18 Å². The molecule has 1 saturated carbocycles. The van der Waals surface area contributed by atoms with Crippen LogP contribution in [0.5, 0.6) is 5.75 Å². The van der Waals surface area contributed by atoms with Crippen LogP contribution in [0.15, 0.2) is 18.2 Å². The van der Waals surface area contributed by atoms with Gasteiger partial charge in [0, 0.05) is 18.2 Å². The van der Waals surface area contributed by atoms with Crippen LogP contribution in [0.2, 0.25) is 0 Å². The smallest absolute Gasteiger partial charge is 0.224 e. The number of carbonyl (C=O) groups excluding carboxylic acids is 1. The minimum atomic E-state index is -0.440. The van der Waals surface area contributed by atoms with Gasteiger partial charge in [0.1, 0.15) is 0 Å². The van der Waals surface area contributed by atoms with Gasteiger partial charge in [-0.05, 0) is 36.1 Å². The summed E-state index contributed by atoms with van der Waals surface area (Å²) >= 11 is 4.26. The minimum Gasteiger partial charge on any atom is -0.494 e. The predicted octanol–water partition coefficient (Wildman–Crippen LogP) is 2.87. The zero-order valence-electron chi connectivity index (χ0n) is 10.2. The Balaban J connectivity index is 1.98. The number of methoxy groups -OCH3 is 1. The number of anilines is 1. The van der Waals surface area contributed by atoms with Crippen LogP contribution in [0.3, 0.4) is 0 Å². The van der Waals surface area contributed by atoms with Gasteiger partial charge in [0.2, 0.25) is 5.91 Å². The third kappa shape index (κ3) is 2.96. The van der Waals surface area contributed by atoms with Gasteiger partial charge in [-0.25, -0.2) is 4.39 Å². The second-order valence-electron chi connectivity index (χ2n) is 4.73. The molecule has 0 atom stereocenters. The third-order valence-corrected chi connectivity index (χ3v) is 3.93. The van der Waals surface area contributed by atoms with Crippen LogP contribution in [0, 0.1) is 11.2 Å². The average Bonchev–Trinajstić information content (AvgIpc) is 3.12. The zero-order valence-corrected chi connectivity index (χ0v) is 11.1. The maximum Gasteiger partial charge on any atom is 0.224 e. The SMILES string of the molecule is COc1cc(NC(=O)CC2(CS)CC2)ccc1F. The summed E-state index contributed by atoms with van der Waals surface area (Å²) in [5.74, 6) is 0.357. The van der Waals surface area contributed by atoms with Crippen molar-refractivity contribution in [1.82, 2.24) is 0 Å². The molecule has 1 aliphatic rings. The summed E-state index contributed by atoms with van der Waals surface area (Å²) in [6.45, 7) is 0. The van der Waals surface area contributed by atoms with Gasteiger partial charge in [0.25, 0.3) is 0 Å². The molecule has 0 aliphatic heterocycles. The van der Waals surface area contributed by atoms with E-state index in [-0.39, 0.29) is 17.1 Å².